The first kappa shape index (κ1) is 17.8. The van der Waals surface area contributed by atoms with Crippen molar-refractivity contribution < 1.29 is 27.8 Å². The first-order chi connectivity index (χ1) is 12.5. The van der Waals surface area contributed by atoms with Gasteiger partial charge in [-0.25, -0.2) is 23.1 Å². The Morgan fingerprint density at radius 1 is 1.23 bits per heavy atom. The van der Waals surface area contributed by atoms with E-state index in [9.17, 15) is 18.4 Å². The van der Waals surface area contributed by atoms with Crippen LogP contribution in [0.3, 0.4) is 0 Å². The molecule has 0 aliphatic carbocycles. The minimum Gasteiger partial charge on any atom is -0.459 e. The molecule has 1 aliphatic heterocycles. The Labute approximate surface area is 148 Å². The zero-order chi connectivity index (χ0) is 18.7. The maximum atomic E-state index is 13.8. The van der Waals surface area contributed by atoms with E-state index in [4.69, 9.17) is 4.74 Å². The summed E-state index contributed by atoms with van der Waals surface area (Å²) in [5, 5.41) is 3.92. The quantitative estimate of drug-likeness (QED) is 0.782. The van der Waals surface area contributed by atoms with Gasteiger partial charge in [0, 0.05) is 38.2 Å². The van der Waals surface area contributed by atoms with Gasteiger partial charge in [0.1, 0.15) is 17.6 Å². The third-order valence-corrected chi connectivity index (χ3v) is 4.12. The van der Waals surface area contributed by atoms with Crippen LogP contribution in [0.25, 0.3) is 5.69 Å². The van der Waals surface area contributed by atoms with Gasteiger partial charge in [-0.3, -0.25) is 0 Å². The van der Waals surface area contributed by atoms with Crippen LogP contribution in [0.5, 0.6) is 0 Å². The SMILES string of the molecule is COC(=O)N1CCC(OC(=O)c2cnn(-c3ccc(F)cc3F)c2)CC1. The number of amides is 1. The Bertz CT molecular complexity index is 816. The first-order valence-corrected chi connectivity index (χ1v) is 8.02. The van der Waals surface area contributed by atoms with Crippen LogP contribution in [0.2, 0.25) is 0 Å². The van der Waals surface area contributed by atoms with Gasteiger partial charge in [0.25, 0.3) is 0 Å². The highest BCUT2D eigenvalue weighted by Gasteiger charge is 2.26. The summed E-state index contributed by atoms with van der Waals surface area (Å²) in [4.78, 5) is 25.2. The lowest BCUT2D eigenvalue weighted by molar-refractivity contribution is 0.0118. The number of hydrogen-bond acceptors (Lipinski definition) is 5. The lowest BCUT2D eigenvalue weighted by atomic mass is 10.1. The highest BCUT2D eigenvalue weighted by atomic mass is 19.1. The standard InChI is InChI=1S/C17H17F2N3O4/c1-25-17(24)21-6-4-13(5-7-21)26-16(23)11-9-20-22(10-11)15-3-2-12(18)8-14(15)19/h2-3,8-10,13H,4-7H2,1H3. The van der Waals surface area contributed by atoms with Gasteiger partial charge in [0.2, 0.25) is 0 Å². The second-order valence-electron chi connectivity index (χ2n) is 5.83. The molecule has 0 unspecified atom stereocenters. The van der Waals surface area contributed by atoms with Crippen molar-refractivity contribution in [3.05, 3.63) is 47.8 Å². The molecule has 0 saturated carbocycles. The summed E-state index contributed by atoms with van der Waals surface area (Å²) in [5.41, 5.74) is 0.181. The Hall–Kier alpha value is -2.97. The van der Waals surface area contributed by atoms with E-state index in [1.807, 2.05) is 0 Å². The molecule has 2 heterocycles. The van der Waals surface area contributed by atoms with E-state index in [-0.39, 0.29) is 17.4 Å². The number of rotatable bonds is 3. The Balaban J connectivity index is 1.61. The van der Waals surface area contributed by atoms with Crippen LogP contribution < -0.4 is 0 Å². The summed E-state index contributed by atoms with van der Waals surface area (Å²) in [6, 6.07) is 3.08. The maximum Gasteiger partial charge on any atom is 0.409 e. The zero-order valence-electron chi connectivity index (χ0n) is 14.0. The summed E-state index contributed by atoms with van der Waals surface area (Å²) < 4.78 is 38.0. The normalized spacial score (nSPS) is 15.0. The topological polar surface area (TPSA) is 73.7 Å². The summed E-state index contributed by atoms with van der Waals surface area (Å²) in [6.45, 7) is 0.870. The number of carbonyl (C=O) groups is 2. The monoisotopic (exact) mass is 365 g/mol. The second-order valence-corrected chi connectivity index (χ2v) is 5.83. The molecule has 2 aromatic rings. The minimum atomic E-state index is -0.789. The Morgan fingerprint density at radius 3 is 2.62 bits per heavy atom. The summed E-state index contributed by atoms with van der Waals surface area (Å²) in [5.74, 6) is -2.07. The second kappa shape index (κ2) is 7.51. The van der Waals surface area contributed by atoms with Gasteiger partial charge in [-0.1, -0.05) is 0 Å². The van der Waals surface area contributed by atoms with Crippen LogP contribution in [-0.4, -0.2) is 53.0 Å². The molecule has 0 atom stereocenters. The highest BCUT2D eigenvalue weighted by Crippen LogP contribution is 2.18. The van der Waals surface area contributed by atoms with Gasteiger partial charge in [-0.05, 0) is 12.1 Å². The summed E-state index contributed by atoms with van der Waals surface area (Å²) >= 11 is 0. The average Bonchev–Trinajstić information content (AvgIpc) is 3.11. The number of aromatic nitrogens is 2. The van der Waals surface area contributed by atoms with E-state index in [0.29, 0.717) is 25.9 Å². The number of hydrogen-bond donors (Lipinski definition) is 0. The molecular weight excluding hydrogens is 348 g/mol. The van der Waals surface area contributed by atoms with Crippen LogP contribution in [-0.2, 0) is 9.47 Å². The van der Waals surface area contributed by atoms with Crippen LogP contribution in [0.4, 0.5) is 13.6 Å². The van der Waals surface area contributed by atoms with E-state index in [0.717, 1.165) is 16.8 Å². The lowest BCUT2D eigenvalue weighted by Gasteiger charge is -2.30. The molecule has 1 amide bonds. The van der Waals surface area contributed by atoms with Crippen molar-refractivity contribution in [2.24, 2.45) is 0 Å². The highest BCUT2D eigenvalue weighted by molar-refractivity contribution is 5.89. The third-order valence-electron chi connectivity index (χ3n) is 4.12. The number of ether oxygens (including phenoxy) is 2. The van der Waals surface area contributed by atoms with Gasteiger partial charge in [-0.15, -0.1) is 0 Å². The molecule has 1 fully saturated rings. The number of benzene rings is 1. The molecule has 138 valence electrons. The van der Waals surface area contributed by atoms with Crippen molar-refractivity contribution in [1.29, 1.82) is 0 Å². The number of esters is 1. The molecule has 9 heteroatoms. The van der Waals surface area contributed by atoms with Gasteiger partial charge in [0.15, 0.2) is 5.82 Å². The van der Waals surface area contributed by atoms with Gasteiger partial charge >= 0.3 is 12.1 Å². The van der Waals surface area contributed by atoms with Crippen molar-refractivity contribution in [1.82, 2.24) is 14.7 Å². The predicted octanol–water partition coefficient (Wildman–Crippen LogP) is 2.54. The minimum absolute atomic E-state index is 0.0248. The van der Waals surface area contributed by atoms with Crippen LogP contribution >= 0.6 is 0 Å². The van der Waals surface area contributed by atoms with E-state index >= 15 is 0 Å². The van der Waals surface area contributed by atoms with Gasteiger partial charge in [-0.2, -0.15) is 5.10 Å². The Morgan fingerprint density at radius 2 is 1.96 bits per heavy atom. The van der Waals surface area contributed by atoms with Crippen LogP contribution in [0, 0.1) is 11.6 Å². The molecule has 7 nitrogen and oxygen atoms in total. The molecule has 1 saturated heterocycles. The Kier molecular flexibility index (Phi) is 5.15. The summed E-state index contributed by atoms with van der Waals surface area (Å²) in [7, 11) is 1.32. The molecule has 1 aromatic heterocycles. The number of likely N-dealkylation sites (tertiary alicyclic amines) is 1. The zero-order valence-corrected chi connectivity index (χ0v) is 14.0. The van der Waals surface area contributed by atoms with Crippen LogP contribution in [0.15, 0.2) is 30.6 Å². The molecular formula is C17H17F2N3O4. The number of methoxy groups -OCH3 is 1. The van der Waals surface area contributed by atoms with E-state index < -0.39 is 23.7 Å². The first-order valence-electron chi connectivity index (χ1n) is 8.02. The number of carbonyl (C=O) groups excluding carboxylic acids is 2. The lowest BCUT2D eigenvalue weighted by Crippen LogP contribution is -2.41. The van der Waals surface area contributed by atoms with Crippen molar-refractivity contribution in [3.8, 4) is 5.69 Å². The maximum absolute atomic E-state index is 13.8. The molecule has 26 heavy (non-hydrogen) atoms. The fraction of sp³-hybridized carbons (Fsp3) is 0.353. The average molecular weight is 365 g/mol. The molecule has 0 spiro atoms. The molecule has 0 N–H and O–H groups in total. The van der Waals surface area contributed by atoms with Gasteiger partial charge in [0.05, 0.1) is 18.9 Å². The van der Waals surface area contributed by atoms with E-state index in [2.05, 4.69) is 9.84 Å². The molecule has 1 aliphatic rings. The van der Waals surface area contributed by atoms with Crippen molar-refractivity contribution in [3.63, 3.8) is 0 Å². The number of halogens is 2. The predicted molar refractivity (Wildman–Crippen MR) is 85.9 cm³/mol. The van der Waals surface area contributed by atoms with Crippen LogP contribution in [0.1, 0.15) is 23.2 Å². The number of nitrogens with zero attached hydrogens (tertiary/aromatic N) is 3. The van der Waals surface area contributed by atoms with E-state index in [1.54, 1.807) is 4.90 Å². The van der Waals surface area contributed by atoms with Gasteiger partial charge < -0.3 is 14.4 Å². The van der Waals surface area contributed by atoms with E-state index in [1.165, 1.54) is 25.6 Å². The molecule has 1 aromatic carbocycles. The molecule has 3 rings (SSSR count). The molecule has 0 radical (unpaired) electrons. The van der Waals surface area contributed by atoms with Crippen molar-refractivity contribution >= 4 is 12.1 Å². The number of piperidine rings is 1. The fourth-order valence-electron chi connectivity index (χ4n) is 2.73. The smallest absolute Gasteiger partial charge is 0.409 e. The summed E-state index contributed by atoms with van der Waals surface area (Å²) in [6.07, 6.45) is 2.85. The van der Waals surface area contributed by atoms with Crippen molar-refractivity contribution in [2.45, 2.75) is 18.9 Å². The third kappa shape index (κ3) is 3.81. The molecule has 0 bridgehead atoms. The van der Waals surface area contributed by atoms with Crippen molar-refractivity contribution in [2.75, 3.05) is 20.2 Å². The largest absolute Gasteiger partial charge is 0.459 e. The fourth-order valence-corrected chi connectivity index (χ4v) is 2.73.